The number of hydrogen-bond donors (Lipinski definition) is 0. The van der Waals surface area contributed by atoms with E-state index in [1.54, 1.807) is 0 Å². The fourth-order valence-electron chi connectivity index (χ4n) is 2.65. The minimum atomic E-state index is 0.461. The fourth-order valence-corrected chi connectivity index (χ4v) is 3.49. The standard InChI is InChI=1S/C23H21Br2NO2/c1-3-27-22-13-18(14-26-21-7-5-4-6-16(21)2)12-20(25)23(22)28-15-17-8-10-19(24)11-9-17/h4-14H,3,15H2,1-2H3. The largest absolute Gasteiger partial charge is 0.490 e. The van der Waals surface area contributed by atoms with Gasteiger partial charge in [-0.05, 0) is 76.8 Å². The van der Waals surface area contributed by atoms with Gasteiger partial charge in [-0.15, -0.1) is 0 Å². The van der Waals surface area contributed by atoms with Gasteiger partial charge in [0, 0.05) is 10.7 Å². The van der Waals surface area contributed by atoms with Crippen molar-refractivity contribution >= 4 is 43.8 Å². The molecule has 144 valence electrons. The maximum Gasteiger partial charge on any atom is 0.175 e. The Morgan fingerprint density at radius 3 is 2.43 bits per heavy atom. The highest BCUT2D eigenvalue weighted by atomic mass is 79.9. The van der Waals surface area contributed by atoms with Crippen molar-refractivity contribution in [1.82, 2.24) is 0 Å². The molecule has 3 aromatic carbocycles. The first-order chi connectivity index (χ1) is 13.6. The van der Waals surface area contributed by atoms with E-state index in [1.165, 1.54) is 0 Å². The van der Waals surface area contributed by atoms with Gasteiger partial charge in [-0.1, -0.05) is 46.3 Å². The van der Waals surface area contributed by atoms with Gasteiger partial charge < -0.3 is 9.47 Å². The first kappa shape index (κ1) is 20.6. The van der Waals surface area contributed by atoms with Gasteiger partial charge in [0.1, 0.15) is 6.61 Å². The molecule has 0 N–H and O–H groups in total. The quantitative estimate of drug-likeness (QED) is 0.318. The lowest BCUT2D eigenvalue weighted by Gasteiger charge is -2.15. The summed E-state index contributed by atoms with van der Waals surface area (Å²) in [5, 5.41) is 0. The van der Waals surface area contributed by atoms with Gasteiger partial charge in [-0.2, -0.15) is 0 Å². The van der Waals surface area contributed by atoms with E-state index in [-0.39, 0.29) is 0 Å². The number of halogens is 2. The van der Waals surface area contributed by atoms with E-state index in [0.717, 1.165) is 31.3 Å². The van der Waals surface area contributed by atoms with Crippen molar-refractivity contribution in [3.05, 3.63) is 86.3 Å². The molecule has 0 saturated carbocycles. The van der Waals surface area contributed by atoms with Gasteiger partial charge in [-0.25, -0.2) is 0 Å². The van der Waals surface area contributed by atoms with Crippen molar-refractivity contribution in [2.75, 3.05) is 6.61 Å². The van der Waals surface area contributed by atoms with Crippen LogP contribution in [-0.4, -0.2) is 12.8 Å². The number of nitrogens with zero attached hydrogens (tertiary/aromatic N) is 1. The molecule has 0 atom stereocenters. The van der Waals surface area contributed by atoms with E-state index in [2.05, 4.69) is 36.9 Å². The Kier molecular flexibility index (Phi) is 7.29. The third kappa shape index (κ3) is 5.46. The molecule has 0 heterocycles. The average molecular weight is 503 g/mol. The Morgan fingerprint density at radius 1 is 0.964 bits per heavy atom. The number of aryl methyl sites for hydroxylation is 1. The van der Waals surface area contributed by atoms with Crippen LogP contribution < -0.4 is 9.47 Å². The highest BCUT2D eigenvalue weighted by molar-refractivity contribution is 9.10. The van der Waals surface area contributed by atoms with Gasteiger partial charge in [0.2, 0.25) is 0 Å². The molecular weight excluding hydrogens is 482 g/mol. The number of aliphatic imine (C=N–C) groups is 1. The summed E-state index contributed by atoms with van der Waals surface area (Å²) in [6.07, 6.45) is 1.84. The molecule has 3 nitrogen and oxygen atoms in total. The van der Waals surface area contributed by atoms with Crippen LogP contribution in [-0.2, 0) is 6.61 Å². The fraction of sp³-hybridized carbons (Fsp3) is 0.174. The first-order valence-corrected chi connectivity index (χ1v) is 10.6. The Hall–Kier alpha value is -2.11. The summed E-state index contributed by atoms with van der Waals surface area (Å²) in [4.78, 5) is 4.60. The molecule has 5 heteroatoms. The van der Waals surface area contributed by atoms with Crippen molar-refractivity contribution in [3.63, 3.8) is 0 Å². The van der Waals surface area contributed by atoms with Crippen molar-refractivity contribution in [2.45, 2.75) is 20.5 Å². The van der Waals surface area contributed by atoms with E-state index >= 15 is 0 Å². The molecule has 0 aliphatic heterocycles. The molecule has 0 radical (unpaired) electrons. The molecule has 0 aliphatic rings. The zero-order chi connectivity index (χ0) is 19.9. The highest BCUT2D eigenvalue weighted by Gasteiger charge is 2.12. The lowest BCUT2D eigenvalue weighted by Crippen LogP contribution is -2.01. The predicted octanol–water partition coefficient (Wildman–Crippen LogP) is 7.25. The SMILES string of the molecule is CCOc1cc(C=Nc2ccccc2C)cc(Br)c1OCc1ccc(Br)cc1. The molecule has 3 aromatic rings. The minimum Gasteiger partial charge on any atom is -0.490 e. The molecule has 0 unspecified atom stereocenters. The first-order valence-electron chi connectivity index (χ1n) is 9.00. The van der Waals surface area contributed by atoms with Gasteiger partial charge in [0.15, 0.2) is 11.5 Å². The summed E-state index contributed by atoms with van der Waals surface area (Å²) in [5.74, 6) is 1.39. The van der Waals surface area contributed by atoms with Gasteiger partial charge in [0.05, 0.1) is 16.8 Å². The summed E-state index contributed by atoms with van der Waals surface area (Å²) in [6, 6.07) is 20.0. The topological polar surface area (TPSA) is 30.8 Å². The molecule has 3 rings (SSSR count). The average Bonchev–Trinajstić information content (AvgIpc) is 2.68. The predicted molar refractivity (Wildman–Crippen MR) is 122 cm³/mol. The molecule has 0 aliphatic carbocycles. The highest BCUT2D eigenvalue weighted by Crippen LogP contribution is 2.37. The van der Waals surface area contributed by atoms with Crippen LogP contribution in [0, 0.1) is 6.92 Å². The van der Waals surface area contributed by atoms with Crippen molar-refractivity contribution in [1.29, 1.82) is 0 Å². The second-order valence-electron chi connectivity index (χ2n) is 6.22. The van der Waals surface area contributed by atoms with E-state index < -0.39 is 0 Å². The third-order valence-corrected chi connectivity index (χ3v) is 5.21. The van der Waals surface area contributed by atoms with Crippen LogP contribution in [0.25, 0.3) is 0 Å². The van der Waals surface area contributed by atoms with Crippen LogP contribution in [0.4, 0.5) is 5.69 Å². The molecule has 0 bridgehead atoms. The lowest BCUT2D eigenvalue weighted by molar-refractivity contribution is 0.267. The Balaban J connectivity index is 1.83. The number of ether oxygens (including phenoxy) is 2. The number of benzene rings is 3. The second kappa shape index (κ2) is 9.89. The summed E-state index contributed by atoms with van der Waals surface area (Å²) < 4.78 is 13.8. The monoisotopic (exact) mass is 501 g/mol. The smallest absolute Gasteiger partial charge is 0.175 e. The second-order valence-corrected chi connectivity index (χ2v) is 7.99. The molecule has 0 spiro atoms. The van der Waals surface area contributed by atoms with E-state index in [0.29, 0.717) is 24.7 Å². The minimum absolute atomic E-state index is 0.461. The third-order valence-electron chi connectivity index (χ3n) is 4.10. The van der Waals surface area contributed by atoms with Crippen LogP contribution in [0.1, 0.15) is 23.6 Å². The Labute approximate surface area is 182 Å². The van der Waals surface area contributed by atoms with Crippen LogP contribution >= 0.6 is 31.9 Å². The van der Waals surface area contributed by atoms with Crippen LogP contribution in [0.2, 0.25) is 0 Å². The van der Waals surface area contributed by atoms with Crippen molar-refractivity contribution in [3.8, 4) is 11.5 Å². The number of para-hydroxylation sites is 1. The molecule has 0 fully saturated rings. The van der Waals surface area contributed by atoms with E-state index in [9.17, 15) is 0 Å². The maximum absolute atomic E-state index is 6.05. The Morgan fingerprint density at radius 2 is 1.71 bits per heavy atom. The molecule has 0 saturated heterocycles. The summed E-state index contributed by atoms with van der Waals surface area (Å²) in [7, 11) is 0. The van der Waals surface area contributed by atoms with Crippen molar-refractivity contribution in [2.24, 2.45) is 4.99 Å². The van der Waals surface area contributed by atoms with E-state index in [4.69, 9.17) is 9.47 Å². The summed E-state index contributed by atoms with van der Waals surface area (Å²) in [5.41, 5.74) is 4.11. The Bertz CT molecular complexity index is 969. The van der Waals surface area contributed by atoms with Crippen molar-refractivity contribution < 1.29 is 9.47 Å². The van der Waals surface area contributed by atoms with Gasteiger partial charge in [-0.3, -0.25) is 4.99 Å². The number of rotatable bonds is 7. The van der Waals surface area contributed by atoms with Crippen LogP contribution in [0.3, 0.4) is 0 Å². The zero-order valence-electron chi connectivity index (χ0n) is 15.8. The van der Waals surface area contributed by atoms with Crippen LogP contribution in [0.5, 0.6) is 11.5 Å². The summed E-state index contributed by atoms with van der Waals surface area (Å²) >= 11 is 7.07. The molecule has 28 heavy (non-hydrogen) atoms. The zero-order valence-corrected chi connectivity index (χ0v) is 19.0. The maximum atomic E-state index is 6.05. The van der Waals surface area contributed by atoms with E-state index in [1.807, 2.05) is 80.7 Å². The molecular formula is C23H21Br2NO2. The summed E-state index contributed by atoms with van der Waals surface area (Å²) in [6.45, 7) is 5.02. The lowest BCUT2D eigenvalue weighted by atomic mass is 10.2. The molecule has 0 amide bonds. The van der Waals surface area contributed by atoms with Crippen LogP contribution in [0.15, 0.2) is 74.6 Å². The van der Waals surface area contributed by atoms with Gasteiger partial charge >= 0.3 is 0 Å². The number of hydrogen-bond acceptors (Lipinski definition) is 3. The normalized spacial score (nSPS) is 11.0. The van der Waals surface area contributed by atoms with Gasteiger partial charge in [0.25, 0.3) is 0 Å². The molecule has 0 aromatic heterocycles.